The summed E-state index contributed by atoms with van der Waals surface area (Å²) in [6.07, 6.45) is 3.83. The van der Waals surface area contributed by atoms with Crippen LogP contribution < -0.4 is 9.46 Å². The molecule has 1 amide bonds. The number of halogens is 2. The van der Waals surface area contributed by atoms with Crippen LogP contribution in [0.3, 0.4) is 0 Å². The number of nitrogens with zero attached hydrogens (tertiary/aromatic N) is 1. The minimum atomic E-state index is -3.98. The topological polar surface area (TPSA) is 75.7 Å². The Morgan fingerprint density at radius 3 is 2.72 bits per heavy atom. The normalized spacial score (nSPS) is 19.4. The van der Waals surface area contributed by atoms with Crippen molar-refractivity contribution in [3.05, 3.63) is 52.0 Å². The van der Waals surface area contributed by atoms with Crippen molar-refractivity contribution >= 4 is 44.8 Å². The first kappa shape index (κ1) is 20.3. The van der Waals surface area contributed by atoms with Crippen LogP contribution in [0.2, 0.25) is 10.0 Å². The van der Waals surface area contributed by atoms with Crippen LogP contribution in [0.25, 0.3) is 0 Å². The lowest BCUT2D eigenvalue weighted by atomic mass is 9.97. The van der Waals surface area contributed by atoms with Gasteiger partial charge in [0.25, 0.3) is 15.9 Å². The third-order valence-electron chi connectivity index (χ3n) is 5.24. The van der Waals surface area contributed by atoms with Crippen molar-refractivity contribution in [1.29, 1.82) is 0 Å². The number of rotatable bonds is 3. The van der Waals surface area contributed by atoms with E-state index < -0.39 is 10.0 Å². The smallest absolute Gasteiger partial charge is 0.263 e. The van der Waals surface area contributed by atoms with E-state index in [4.69, 9.17) is 27.9 Å². The van der Waals surface area contributed by atoms with Crippen LogP contribution in [-0.2, 0) is 10.0 Å². The molecule has 9 heteroatoms. The molecule has 154 valence electrons. The zero-order chi connectivity index (χ0) is 20.6. The molecular formula is C20H20Cl2N2O4S. The predicted octanol–water partition coefficient (Wildman–Crippen LogP) is 4.57. The molecule has 2 aromatic carbocycles. The fourth-order valence-corrected chi connectivity index (χ4v) is 5.62. The maximum Gasteiger partial charge on any atom is 0.263 e. The van der Waals surface area contributed by atoms with Crippen LogP contribution in [0, 0.1) is 0 Å². The molecule has 2 aliphatic heterocycles. The van der Waals surface area contributed by atoms with Gasteiger partial charge < -0.3 is 9.64 Å². The summed E-state index contributed by atoms with van der Waals surface area (Å²) in [7, 11) is -3.98. The number of carbonyl (C=O) groups excluding carboxylic acids is 1. The highest BCUT2D eigenvalue weighted by atomic mass is 35.5. The van der Waals surface area contributed by atoms with Gasteiger partial charge in [0.05, 0.1) is 17.2 Å². The number of fused-ring (bicyclic) bond motifs is 2. The fourth-order valence-electron chi connectivity index (χ4n) is 3.81. The zero-order valence-electron chi connectivity index (χ0n) is 15.5. The van der Waals surface area contributed by atoms with Crippen LogP contribution in [0.1, 0.15) is 36.0 Å². The molecular weight excluding hydrogens is 435 g/mol. The summed E-state index contributed by atoms with van der Waals surface area (Å²) in [6, 6.07) is 9.09. The monoisotopic (exact) mass is 454 g/mol. The van der Waals surface area contributed by atoms with E-state index in [1.54, 1.807) is 12.1 Å². The third kappa shape index (κ3) is 4.17. The minimum absolute atomic E-state index is 0.0590. The SMILES string of the molecule is O=C1c2cc(NS(=O)(=O)c3cc(Cl)ccc3Cl)ccc2OCCC2CCCCN12. The highest BCUT2D eigenvalue weighted by Crippen LogP contribution is 2.32. The van der Waals surface area contributed by atoms with Gasteiger partial charge in [0.2, 0.25) is 0 Å². The second kappa shape index (κ2) is 8.05. The van der Waals surface area contributed by atoms with E-state index in [0.717, 1.165) is 25.7 Å². The van der Waals surface area contributed by atoms with Crippen LogP contribution in [-0.4, -0.2) is 38.4 Å². The van der Waals surface area contributed by atoms with Gasteiger partial charge >= 0.3 is 0 Å². The van der Waals surface area contributed by atoms with Crippen LogP contribution in [0.4, 0.5) is 5.69 Å². The van der Waals surface area contributed by atoms with E-state index >= 15 is 0 Å². The van der Waals surface area contributed by atoms with Crippen molar-refractivity contribution in [2.24, 2.45) is 0 Å². The van der Waals surface area contributed by atoms with E-state index in [1.165, 1.54) is 24.3 Å². The number of sulfonamides is 1. The highest BCUT2D eigenvalue weighted by molar-refractivity contribution is 7.92. The van der Waals surface area contributed by atoms with Crippen LogP contribution in [0.5, 0.6) is 5.75 Å². The number of benzene rings is 2. The van der Waals surface area contributed by atoms with Crippen molar-refractivity contribution in [2.75, 3.05) is 17.9 Å². The number of hydrogen-bond acceptors (Lipinski definition) is 4. The first-order valence-electron chi connectivity index (χ1n) is 9.41. The molecule has 0 saturated carbocycles. The molecule has 29 heavy (non-hydrogen) atoms. The largest absolute Gasteiger partial charge is 0.493 e. The Morgan fingerprint density at radius 2 is 1.90 bits per heavy atom. The summed E-state index contributed by atoms with van der Waals surface area (Å²) >= 11 is 12.0. The third-order valence-corrected chi connectivity index (χ3v) is 7.34. The number of amides is 1. The van der Waals surface area contributed by atoms with Gasteiger partial charge in [0.1, 0.15) is 10.6 Å². The highest BCUT2D eigenvalue weighted by Gasteiger charge is 2.31. The quantitative estimate of drug-likeness (QED) is 0.736. The summed E-state index contributed by atoms with van der Waals surface area (Å²) in [4.78, 5) is 14.9. The maximum atomic E-state index is 13.1. The lowest BCUT2D eigenvalue weighted by molar-refractivity contribution is 0.0548. The van der Waals surface area contributed by atoms with E-state index in [1.807, 2.05) is 4.90 Å². The molecule has 6 nitrogen and oxygen atoms in total. The Bertz CT molecular complexity index is 1060. The Balaban J connectivity index is 1.67. The van der Waals surface area contributed by atoms with Gasteiger partial charge in [-0.1, -0.05) is 23.2 Å². The summed E-state index contributed by atoms with van der Waals surface area (Å²) in [5.41, 5.74) is 0.611. The Labute approximate surface area is 179 Å². The van der Waals surface area contributed by atoms with Gasteiger partial charge in [-0.05, 0) is 55.7 Å². The molecule has 0 aromatic heterocycles. The molecule has 0 spiro atoms. The lowest BCUT2D eigenvalue weighted by Gasteiger charge is -2.37. The summed E-state index contributed by atoms with van der Waals surface area (Å²) in [6.45, 7) is 1.22. The van der Waals surface area contributed by atoms with E-state index in [9.17, 15) is 13.2 Å². The first-order valence-corrected chi connectivity index (χ1v) is 11.6. The molecule has 0 bridgehead atoms. The number of carbonyl (C=O) groups is 1. The van der Waals surface area contributed by atoms with E-state index in [2.05, 4.69) is 4.72 Å². The molecule has 1 atom stereocenters. The average Bonchev–Trinajstić information content (AvgIpc) is 2.69. The van der Waals surface area contributed by atoms with Crippen LogP contribution >= 0.6 is 23.2 Å². The average molecular weight is 455 g/mol. The number of ether oxygens (including phenoxy) is 1. The lowest BCUT2D eigenvalue weighted by Crippen LogP contribution is -2.45. The molecule has 1 saturated heterocycles. The second-order valence-corrected chi connectivity index (χ2v) is 9.67. The van der Waals surface area contributed by atoms with Crippen molar-refractivity contribution < 1.29 is 17.9 Å². The summed E-state index contributed by atoms with van der Waals surface area (Å²) in [5, 5.41) is 0.316. The molecule has 2 aliphatic rings. The molecule has 0 aliphatic carbocycles. The number of hydrogen-bond donors (Lipinski definition) is 1. The van der Waals surface area contributed by atoms with Gasteiger partial charge in [-0.25, -0.2) is 8.42 Å². The molecule has 1 N–H and O–H groups in total. The first-order chi connectivity index (χ1) is 13.8. The molecule has 2 heterocycles. The Kier molecular flexibility index (Phi) is 5.64. The molecule has 4 rings (SSSR count). The fraction of sp³-hybridized carbons (Fsp3) is 0.350. The maximum absolute atomic E-state index is 13.1. The summed E-state index contributed by atoms with van der Waals surface area (Å²) < 4.78 is 33.9. The number of nitrogens with one attached hydrogen (secondary N) is 1. The molecule has 1 unspecified atom stereocenters. The molecule has 2 aromatic rings. The molecule has 1 fully saturated rings. The zero-order valence-corrected chi connectivity index (χ0v) is 17.9. The second-order valence-electron chi connectivity index (χ2n) is 7.18. The van der Waals surface area contributed by atoms with E-state index in [-0.39, 0.29) is 32.6 Å². The standard InChI is InChI=1S/C20H20Cl2N2O4S/c21-13-4-6-17(22)19(11-13)29(26,27)23-14-5-7-18-16(12-14)20(25)24-9-2-1-3-15(24)8-10-28-18/h4-7,11-12,15,23H,1-3,8-10H2. The molecule has 0 radical (unpaired) electrons. The number of anilines is 1. The van der Waals surface area contributed by atoms with Gasteiger partial charge in [-0.3, -0.25) is 9.52 Å². The van der Waals surface area contributed by atoms with E-state index in [0.29, 0.717) is 24.5 Å². The predicted molar refractivity (Wildman–Crippen MR) is 113 cm³/mol. The van der Waals surface area contributed by atoms with Gasteiger partial charge in [0, 0.05) is 29.7 Å². The minimum Gasteiger partial charge on any atom is -0.493 e. The van der Waals surface area contributed by atoms with Crippen LogP contribution in [0.15, 0.2) is 41.3 Å². The summed E-state index contributed by atoms with van der Waals surface area (Å²) in [5.74, 6) is 0.328. The van der Waals surface area contributed by atoms with Gasteiger partial charge in [0.15, 0.2) is 0 Å². The Morgan fingerprint density at radius 1 is 1.07 bits per heavy atom. The Hall–Kier alpha value is -1.96. The van der Waals surface area contributed by atoms with Crippen molar-refractivity contribution in [2.45, 2.75) is 36.6 Å². The van der Waals surface area contributed by atoms with Crippen molar-refractivity contribution in [3.8, 4) is 5.75 Å². The van der Waals surface area contributed by atoms with Gasteiger partial charge in [-0.15, -0.1) is 0 Å². The van der Waals surface area contributed by atoms with Crippen molar-refractivity contribution in [1.82, 2.24) is 4.90 Å². The van der Waals surface area contributed by atoms with Crippen molar-refractivity contribution in [3.63, 3.8) is 0 Å². The van der Waals surface area contributed by atoms with Gasteiger partial charge in [-0.2, -0.15) is 0 Å². The number of piperidine rings is 1.